The fourth-order valence-electron chi connectivity index (χ4n) is 2.77. The van der Waals surface area contributed by atoms with E-state index in [1.807, 2.05) is 11.9 Å². The Balaban J connectivity index is 1.98. The van der Waals surface area contributed by atoms with Crippen LogP contribution in [0.2, 0.25) is 0 Å². The Morgan fingerprint density at radius 1 is 1.37 bits per heavy atom. The third-order valence-electron chi connectivity index (χ3n) is 3.74. The van der Waals surface area contributed by atoms with Crippen LogP contribution in [-0.2, 0) is 11.8 Å². The molecule has 2 aromatic rings. The number of likely N-dealkylation sites (tertiary alicyclic amines) is 1. The van der Waals surface area contributed by atoms with E-state index < -0.39 is 0 Å². The van der Waals surface area contributed by atoms with Crippen LogP contribution in [0.1, 0.15) is 31.4 Å². The Bertz CT molecular complexity index is 621. The van der Waals surface area contributed by atoms with Gasteiger partial charge in [-0.3, -0.25) is 4.79 Å². The van der Waals surface area contributed by atoms with Crippen molar-refractivity contribution in [2.75, 3.05) is 13.1 Å². The molecule has 3 rings (SSSR count). The minimum absolute atomic E-state index is 0.135. The SMILES string of the molecule is CC(=O)N1CCC[C@@H](c2nn(C)c3nccnc23)C1. The van der Waals surface area contributed by atoms with Crippen molar-refractivity contribution in [1.82, 2.24) is 24.6 Å². The van der Waals surface area contributed by atoms with E-state index >= 15 is 0 Å². The highest BCUT2D eigenvalue weighted by molar-refractivity contribution is 5.75. The van der Waals surface area contributed by atoms with Crippen molar-refractivity contribution in [3.05, 3.63) is 18.1 Å². The normalized spacial score (nSPS) is 19.9. The third-order valence-corrected chi connectivity index (χ3v) is 3.74. The van der Waals surface area contributed by atoms with Crippen LogP contribution < -0.4 is 0 Å². The van der Waals surface area contributed by atoms with Crippen LogP contribution >= 0.6 is 0 Å². The summed E-state index contributed by atoms with van der Waals surface area (Å²) in [6.07, 6.45) is 5.44. The summed E-state index contributed by atoms with van der Waals surface area (Å²) in [4.78, 5) is 22.1. The standard InChI is InChI=1S/C13H17N5O/c1-9(19)18-7-3-4-10(8-18)11-12-13(17(2)16-11)15-6-5-14-12/h5-6,10H,3-4,7-8H2,1-2H3/t10-/m1/s1. The second-order valence-corrected chi connectivity index (χ2v) is 5.04. The Morgan fingerprint density at radius 2 is 2.16 bits per heavy atom. The lowest BCUT2D eigenvalue weighted by atomic mass is 9.94. The lowest BCUT2D eigenvalue weighted by molar-refractivity contribution is -0.130. The molecule has 0 aromatic carbocycles. The summed E-state index contributed by atoms with van der Waals surface area (Å²) in [6, 6.07) is 0. The molecule has 6 heteroatoms. The minimum atomic E-state index is 0.135. The van der Waals surface area contributed by atoms with E-state index in [1.165, 1.54) is 0 Å². The van der Waals surface area contributed by atoms with E-state index in [9.17, 15) is 4.79 Å². The second-order valence-electron chi connectivity index (χ2n) is 5.04. The zero-order chi connectivity index (χ0) is 13.4. The number of carbonyl (C=O) groups is 1. The largest absolute Gasteiger partial charge is 0.342 e. The van der Waals surface area contributed by atoms with E-state index in [2.05, 4.69) is 15.1 Å². The molecule has 1 saturated heterocycles. The van der Waals surface area contributed by atoms with Gasteiger partial charge in [-0.25, -0.2) is 14.6 Å². The molecule has 1 aliphatic rings. The molecule has 19 heavy (non-hydrogen) atoms. The molecule has 1 fully saturated rings. The molecule has 1 aliphatic heterocycles. The summed E-state index contributed by atoms with van der Waals surface area (Å²) in [5, 5.41) is 4.56. The number of aryl methyl sites for hydroxylation is 1. The average Bonchev–Trinajstić information content (AvgIpc) is 2.77. The summed E-state index contributed by atoms with van der Waals surface area (Å²) < 4.78 is 1.77. The van der Waals surface area contributed by atoms with Gasteiger partial charge in [-0.05, 0) is 12.8 Å². The van der Waals surface area contributed by atoms with Gasteiger partial charge >= 0.3 is 0 Å². The molecule has 0 radical (unpaired) electrons. The van der Waals surface area contributed by atoms with E-state index in [1.54, 1.807) is 24.0 Å². The van der Waals surface area contributed by atoms with Crippen molar-refractivity contribution in [2.45, 2.75) is 25.7 Å². The number of hydrogen-bond donors (Lipinski definition) is 0. The first-order valence-corrected chi connectivity index (χ1v) is 6.56. The van der Waals surface area contributed by atoms with Crippen molar-refractivity contribution >= 4 is 17.1 Å². The quantitative estimate of drug-likeness (QED) is 0.769. The zero-order valence-electron chi connectivity index (χ0n) is 11.2. The molecule has 0 N–H and O–H groups in total. The van der Waals surface area contributed by atoms with Crippen molar-refractivity contribution in [3.63, 3.8) is 0 Å². The van der Waals surface area contributed by atoms with Gasteiger partial charge < -0.3 is 4.90 Å². The smallest absolute Gasteiger partial charge is 0.219 e. The number of hydrogen-bond acceptors (Lipinski definition) is 4. The molecule has 0 aliphatic carbocycles. The monoisotopic (exact) mass is 259 g/mol. The maximum atomic E-state index is 11.5. The first-order chi connectivity index (χ1) is 9.16. The second kappa shape index (κ2) is 4.60. The van der Waals surface area contributed by atoms with Crippen LogP contribution in [0.4, 0.5) is 0 Å². The molecule has 1 atom stereocenters. The number of aromatic nitrogens is 4. The van der Waals surface area contributed by atoms with Crippen LogP contribution in [0.5, 0.6) is 0 Å². The van der Waals surface area contributed by atoms with Crippen LogP contribution in [-0.4, -0.2) is 43.6 Å². The van der Waals surface area contributed by atoms with Crippen LogP contribution in [0, 0.1) is 0 Å². The molecule has 0 saturated carbocycles. The predicted molar refractivity (Wildman–Crippen MR) is 70.5 cm³/mol. The summed E-state index contributed by atoms with van der Waals surface area (Å²) >= 11 is 0. The number of carbonyl (C=O) groups excluding carboxylic acids is 1. The topological polar surface area (TPSA) is 63.9 Å². The summed E-state index contributed by atoms with van der Waals surface area (Å²) in [5.41, 5.74) is 2.63. The Hall–Kier alpha value is -1.98. The maximum absolute atomic E-state index is 11.5. The van der Waals surface area contributed by atoms with E-state index in [-0.39, 0.29) is 11.8 Å². The molecule has 0 unspecified atom stereocenters. The van der Waals surface area contributed by atoms with Crippen LogP contribution in [0.3, 0.4) is 0 Å². The molecule has 0 spiro atoms. The predicted octanol–water partition coefficient (Wildman–Crippen LogP) is 1.09. The average molecular weight is 259 g/mol. The van der Waals surface area contributed by atoms with Gasteiger partial charge in [0.15, 0.2) is 5.65 Å². The number of rotatable bonds is 1. The lowest BCUT2D eigenvalue weighted by Crippen LogP contribution is -2.37. The number of fused-ring (bicyclic) bond motifs is 1. The van der Waals surface area contributed by atoms with Gasteiger partial charge in [0.25, 0.3) is 0 Å². The van der Waals surface area contributed by atoms with Gasteiger partial charge in [-0.15, -0.1) is 0 Å². The maximum Gasteiger partial charge on any atom is 0.219 e. The van der Waals surface area contributed by atoms with E-state index in [0.717, 1.165) is 42.8 Å². The number of amides is 1. The van der Waals surface area contributed by atoms with Crippen molar-refractivity contribution in [1.29, 1.82) is 0 Å². The number of piperidine rings is 1. The zero-order valence-corrected chi connectivity index (χ0v) is 11.2. The highest BCUT2D eigenvalue weighted by atomic mass is 16.2. The third kappa shape index (κ3) is 2.07. The first-order valence-electron chi connectivity index (χ1n) is 6.56. The van der Waals surface area contributed by atoms with Crippen LogP contribution in [0.15, 0.2) is 12.4 Å². The fraction of sp³-hybridized carbons (Fsp3) is 0.538. The fourth-order valence-corrected chi connectivity index (χ4v) is 2.77. The van der Waals surface area contributed by atoms with Crippen molar-refractivity contribution in [2.24, 2.45) is 7.05 Å². The molecule has 100 valence electrons. The van der Waals surface area contributed by atoms with Crippen molar-refractivity contribution in [3.8, 4) is 0 Å². The lowest BCUT2D eigenvalue weighted by Gasteiger charge is -2.31. The van der Waals surface area contributed by atoms with Crippen LogP contribution in [0.25, 0.3) is 11.2 Å². The van der Waals surface area contributed by atoms with Gasteiger partial charge in [0.05, 0.1) is 5.69 Å². The van der Waals surface area contributed by atoms with Gasteiger partial charge in [-0.1, -0.05) is 0 Å². The number of nitrogens with zero attached hydrogens (tertiary/aromatic N) is 5. The molecular formula is C13H17N5O. The first kappa shape index (κ1) is 12.1. The molecular weight excluding hydrogens is 242 g/mol. The van der Waals surface area contributed by atoms with Gasteiger partial charge in [0.2, 0.25) is 5.91 Å². The van der Waals surface area contributed by atoms with Crippen molar-refractivity contribution < 1.29 is 4.79 Å². The highest BCUT2D eigenvalue weighted by Crippen LogP contribution is 2.29. The summed E-state index contributed by atoms with van der Waals surface area (Å²) in [7, 11) is 1.88. The van der Waals surface area contributed by atoms with E-state index in [4.69, 9.17) is 0 Å². The summed E-state index contributed by atoms with van der Waals surface area (Å²) in [5.74, 6) is 0.397. The molecule has 3 heterocycles. The highest BCUT2D eigenvalue weighted by Gasteiger charge is 2.27. The van der Waals surface area contributed by atoms with Gasteiger partial charge in [0.1, 0.15) is 5.52 Å². The van der Waals surface area contributed by atoms with Gasteiger partial charge in [-0.2, -0.15) is 5.10 Å². The Morgan fingerprint density at radius 3 is 2.95 bits per heavy atom. The molecule has 6 nitrogen and oxygen atoms in total. The van der Waals surface area contributed by atoms with E-state index in [0.29, 0.717) is 0 Å². The molecule has 0 bridgehead atoms. The molecule has 1 amide bonds. The Labute approximate surface area is 111 Å². The van der Waals surface area contributed by atoms with Gasteiger partial charge in [0, 0.05) is 45.4 Å². The minimum Gasteiger partial charge on any atom is -0.342 e. The summed E-state index contributed by atoms with van der Waals surface area (Å²) in [6.45, 7) is 3.21. The molecule has 2 aromatic heterocycles. The Kier molecular flexibility index (Phi) is 2.93.